The van der Waals surface area contributed by atoms with Gasteiger partial charge >= 0.3 is 0 Å². The second kappa shape index (κ2) is 14.9. The lowest BCUT2D eigenvalue weighted by molar-refractivity contribution is -0.146. The SMILES string of the molecule is CCC[C@H](NC(=O)[C@@H]1[C@H]2CCC[C@H]2CN1C(=O)[C@@H](NC(=O)C1(NC(=O)c2cnccn2)CCCCC1)C(C)(C)C)C(O)C(=O)NC1CC1. The minimum Gasteiger partial charge on any atom is -0.381 e. The number of hydrogen-bond acceptors (Lipinski definition) is 8. The third-order valence-electron chi connectivity index (χ3n) is 10.6. The first-order chi connectivity index (χ1) is 22.8. The largest absolute Gasteiger partial charge is 0.381 e. The number of nitrogens with one attached hydrogen (secondary N) is 4. The Morgan fingerprint density at radius 1 is 1.00 bits per heavy atom. The van der Waals surface area contributed by atoms with Gasteiger partial charge in [-0.1, -0.05) is 59.8 Å². The first-order valence-electron chi connectivity index (χ1n) is 17.8. The van der Waals surface area contributed by atoms with Crippen LogP contribution in [0, 0.1) is 17.3 Å². The number of aliphatic hydroxyl groups is 1. The van der Waals surface area contributed by atoms with Gasteiger partial charge in [0.2, 0.25) is 17.7 Å². The molecule has 48 heavy (non-hydrogen) atoms. The molecule has 5 N–H and O–H groups in total. The number of carbonyl (C=O) groups excluding carboxylic acids is 5. The van der Waals surface area contributed by atoms with Crippen LogP contribution in [0.1, 0.15) is 115 Å². The normalized spacial score (nSPS) is 25.3. The number of rotatable bonds is 12. The number of hydrogen-bond donors (Lipinski definition) is 5. The molecule has 0 bridgehead atoms. The molecule has 1 saturated heterocycles. The van der Waals surface area contributed by atoms with Crippen LogP contribution in [-0.2, 0) is 19.2 Å². The predicted molar refractivity (Wildman–Crippen MR) is 177 cm³/mol. The van der Waals surface area contributed by atoms with Crippen LogP contribution in [0.15, 0.2) is 18.6 Å². The van der Waals surface area contributed by atoms with E-state index in [-0.39, 0.29) is 35.4 Å². The molecule has 4 fully saturated rings. The van der Waals surface area contributed by atoms with E-state index in [1.165, 1.54) is 18.6 Å². The van der Waals surface area contributed by atoms with Crippen LogP contribution in [0.5, 0.6) is 0 Å². The zero-order valence-electron chi connectivity index (χ0n) is 28.8. The van der Waals surface area contributed by atoms with Crippen molar-refractivity contribution in [2.45, 2.75) is 141 Å². The highest BCUT2D eigenvalue weighted by Gasteiger charge is 2.53. The molecular formula is C35H53N7O6. The Kier molecular flexibility index (Phi) is 11.1. The van der Waals surface area contributed by atoms with Crippen LogP contribution in [0.2, 0.25) is 0 Å². The van der Waals surface area contributed by atoms with Crippen molar-refractivity contribution >= 4 is 29.5 Å². The van der Waals surface area contributed by atoms with Gasteiger partial charge in [0.1, 0.15) is 23.3 Å². The molecule has 5 amide bonds. The van der Waals surface area contributed by atoms with E-state index in [9.17, 15) is 29.1 Å². The first-order valence-corrected chi connectivity index (χ1v) is 17.8. The van der Waals surface area contributed by atoms with Gasteiger partial charge in [0.05, 0.1) is 12.2 Å². The highest BCUT2D eigenvalue weighted by Crippen LogP contribution is 2.43. The van der Waals surface area contributed by atoms with Crippen LogP contribution >= 0.6 is 0 Å². The molecule has 1 aliphatic heterocycles. The van der Waals surface area contributed by atoms with Gasteiger partial charge in [-0.25, -0.2) is 4.98 Å². The number of nitrogens with zero attached hydrogens (tertiary/aromatic N) is 3. The quantitative estimate of drug-likeness (QED) is 0.224. The van der Waals surface area contributed by atoms with Crippen molar-refractivity contribution in [3.63, 3.8) is 0 Å². The molecule has 2 heterocycles. The van der Waals surface area contributed by atoms with Crippen molar-refractivity contribution < 1.29 is 29.1 Å². The van der Waals surface area contributed by atoms with Crippen LogP contribution in [-0.4, -0.2) is 91.9 Å². The van der Waals surface area contributed by atoms with Gasteiger partial charge in [0, 0.05) is 25.0 Å². The summed E-state index contributed by atoms with van der Waals surface area (Å²) in [6.07, 6.45) is 11.6. The predicted octanol–water partition coefficient (Wildman–Crippen LogP) is 1.99. The first kappa shape index (κ1) is 35.7. The molecule has 3 aliphatic carbocycles. The maximum absolute atomic E-state index is 14.6. The molecule has 1 unspecified atom stereocenters. The molecule has 5 rings (SSSR count). The fourth-order valence-corrected chi connectivity index (χ4v) is 7.80. The standard InChI is InChI=1S/C35H53N7O6/c1-5-10-24(27(43)31(46)38-22-13-14-22)39-30(45)26-23-12-9-11-21(23)20-42(26)32(47)28(34(2,3)4)40-33(48)35(15-7-6-8-16-35)41-29(44)25-19-36-17-18-37-25/h17-19,21-24,26-28,43H,5-16,20H2,1-4H3,(H,38,46)(H,39,45)(H,40,48)(H,41,44)/t21-,23-,24-,26-,27?,28+/m0/s1. The van der Waals surface area contributed by atoms with E-state index in [1.54, 1.807) is 4.90 Å². The molecule has 13 heteroatoms. The van der Waals surface area contributed by atoms with E-state index >= 15 is 0 Å². The minimum atomic E-state index is -1.40. The molecule has 1 aromatic heterocycles. The second-order valence-corrected chi connectivity index (χ2v) is 15.4. The Balaban J connectivity index is 1.36. The number of amides is 5. The van der Waals surface area contributed by atoms with Crippen molar-refractivity contribution in [3.8, 4) is 0 Å². The van der Waals surface area contributed by atoms with E-state index in [0.29, 0.717) is 32.2 Å². The summed E-state index contributed by atoms with van der Waals surface area (Å²) in [6, 6.07) is -2.48. The summed E-state index contributed by atoms with van der Waals surface area (Å²) < 4.78 is 0. The van der Waals surface area contributed by atoms with Crippen molar-refractivity contribution in [1.82, 2.24) is 36.1 Å². The average molecular weight is 668 g/mol. The Morgan fingerprint density at radius 3 is 2.35 bits per heavy atom. The highest BCUT2D eigenvalue weighted by molar-refractivity contribution is 6.00. The molecule has 4 aliphatic rings. The molecule has 0 aromatic carbocycles. The Bertz CT molecular complexity index is 1340. The molecule has 1 aromatic rings. The zero-order chi connectivity index (χ0) is 34.6. The summed E-state index contributed by atoms with van der Waals surface area (Å²) in [6.45, 7) is 7.94. The number of fused-ring (bicyclic) bond motifs is 1. The summed E-state index contributed by atoms with van der Waals surface area (Å²) in [5.41, 5.74) is -1.84. The van der Waals surface area contributed by atoms with Crippen LogP contribution in [0.4, 0.5) is 0 Å². The van der Waals surface area contributed by atoms with Crippen molar-refractivity contribution in [3.05, 3.63) is 24.3 Å². The Labute approximate surface area is 283 Å². The van der Waals surface area contributed by atoms with Crippen molar-refractivity contribution in [1.29, 1.82) is 0 Å². The number of likely N-dealkylation sites (tertiary alicyclic amines) is 1. The second-order valence-electron chi connectivity index (χ2n) is 15.4. The van der Waals surface area contributed by atoms with Crippen molar-refractivity contribution in [2.24, 2.45) is 17.3 Å². The molecule has 264 valence electrons. The van der Waals surface area contributed by atoms with E-state index in [4.69, 9.17) is 0 Å². The van der Waals surface area contributed by atoms with E-state index in [2.05, 4.69) is 31.2 Å². The maximum Gasteiger partial charge on any atom is 0.272 e. The third-order valence-corrected chi connectivity index (χ3v) is 10.6. The van der Waals surface area contributed by atoms with E-state index in [1.807, 2.05) is 27.7 Å². The molecular weight excluding hydrogens is 614 g/mol. The summed E-state index contributed by atoms with van der Waals surface area (Å²) >= 11 is 0. The summed E-state index contributed by atoms with van der Waals surface area (Å²) in [5, 5.41) is 22.7. The molecule has 13 nitrogen and oxygen atoms in total. The maximum atomic E-state index is 14.6. The lowest BCUT2D eigenvalue weighted by Crippen LogP contribution is -2.65. The third kappa shape index (κ3) is 7.98. The lowest BCUT2D eigenvalue weighted by atomic mass is 9.79. The van der Waals surface area contributed by atoms with Gasteiger partial charge in [-0.2, -0.15) is 0 Å². The van der Waals surface area contributed by atoms with Gasteiger partial charge in [-0.3, -0.25) is 29.0 Å². The number of aromatic nitrogens is 2. The summed E-state index contributed by atoms with van der Waals surface area (Å²) in [7, 11) is 0. The topological polar surface area (TPSA) is 183 Å². The molecule has 0 radical (unpaired) electrons. The smallest absolute Gasteiger partial charge is 0.272 e. The van der Waals surface area contributed by atoms with Crippen LogP contribution in [0.25, 0.3) is 0 Å². The number of carbonyl (C=O) groups is 5. The van der Waals surface area contributed by atoms with E-state index < -0.39 is 52.9 Å². The van der Waals surface area contributed by atoms with E-state index in [0.717, 1.165) is 51.4 Å². The van der Waals surface area contributed by atoms with Gasteiger partial charge < -0.3 is 31.3 Å². The zero-order valence-corrected chi connectivity index (χ0v) is 28.8. The summed E-state index contributed by atoms with van der Waals surface area (Å²) in [4.78, 5) is 78.6. The Morgan fingerprint density at radius 2 is 1.73 bits per heavy atom. The van der Waals surface area contributed by atoms with Gasteiger partial charge in [0.15, 0.2) is 6.10 Å². The molecule has 0 spiro atoms. The average Bonchev–Trinajstić information content (AvgIpc) is 3.63. The van der Waals surface area contributed by atoms with Crippen molar-refractivity contribution in [2.75, 3.05) is 6.54 Å². The monoisotopic (exact) mass is 667 g/mol. The molecule has 3 saturated carbocycles. The minimum absolute atomic E-state index is 0.0547. The summed E-state index contributed by atoms with van der Waals surface area (Å²) in [5.74, 6) is -2.07. The van der Waals surface area contributed by atoms with Crippen LogP contribution < -0.4 is 21.3 Å². The van der Waals surface area contributed by atoms with Crippen LogP contribution in [0.3, 0.4) is 0 Å². The fourth-order valence-electron chi connectivity index (χ4n) is 7.80. The molecule has 6 atom stereocenters. The Hall–Kier alpha value is -3.61. The lowest BCUT2D eigenvalue weighted by Gasteiger charge is -2.41. The number of aliphatic hydroxyl groups excluding tert-OH is 1. The van der Waals surface area contributed by atoms with Gasteiger partial charge in [-0.15, -0.1) is 0 Å². The van der Waals surface area contributed by atoms with Gasteiger partial charge in [-0.05, 0) is 62.2 Å². The highest BCUT2D eigenvalue weighted by atomic mass is 16.3. The van der Waals surface area contributed by atoms with Gasteiger partial charge in [0.25, 0.3) is 11.8 Å². The fraction of sp³-hybridized carbons (Fsp3) is 0.743.